The number of carboxylic acid groups (broad SMARTS) is 1. The summed E-state index contributed by atoms with van der Waals surface area (Å²) in [7, 11) is 0. The van der Waals surface area contributed by atoms with E-state index in [1.54, 1.807) is 24.3 Å². The number of amides is 2. The first-order valence-corrected chi connectivity index (χ1v) is 17.8. The molecule has 0 aromatic heterocycles. The van der Waals surface area contributed by atoms with Crippen molar-refractivity contribution in [3.05, 3.63) is 179 Å². The van der Waals surface area contributed by atoms with Crippen LogP contribution in [0, 0.1) is 0 Å². The van der Waals surface area contributed by atoms with Crippen molar-refractivity contribution in [2.24, 2.45) is 0 Å². The van der Waals surface area contributed by atoms with Crippen LogP contribution in [-0.4, -0.2) is 46.9 Å². The average molecular weight is 717 g/mol. The second-order valence-corrected chi connectivity index (χ2v) is 13.2. The van der Waals surface area contributed by atoms with E-state index in [0.29, 0.717) is 0 Å². The topological polar surface area (TPSA) is 131 Å². The Labute approximate surface area is 307 Å². The summed E-state index contributed by atoms with van der Waals surface area (Å²) in [6, 6.07) is 45.1. The third kappa shape index (κ3) is 10.3. The predicted octanol–water partition coefficient (Wildman–Crippen LogP) is 7.10. The zero-order valence-electron chi connectivity index (χ0n) is 28.4. The number of alkyl carbamates (subject to hydrolysis) is 1. The van der Waals surface area contributed by atoms with Crippen LogP contribution in [0.1, 0.15) is 40.7 Å². The van der Waals surface area contributed by atoms with Gasteiger partial charge in [-0.1, -0.05) is 152 Å². The highest BCUT2D eigenvalue weighted by molar-refractivity contribution is 8.00. The third-order valence-electron chi connectivity index (χ3n) is 8.31. The van der Waals surface area contributed by atoms with Crippen LogP contribution >= 0.6 is 11.8 Å². The summed E-state index contributed by atoms with van der Waals surface area (Å²) in [4.78, 5) is 51.8. The molecule has 0 aliphatic rings. The van der Waals surface area contributed by atoms with E-state index in [2.05, 4.69) is 10.6 Å². The number of carbonyl (C=O) groups excluding carboxylic acids is 3. The van der Waals surface area contributed by atoms with Gasteiger partial charge in [-0.25, -0.2) is 14.4 Å². The highest BCUT2D eigenvalue weighted by atomic mass is 32.2. The van der Waals surface area contributed by atoms with Crippen molar-refractivity contribution in [1.82, 2.24) is 10.6 Å². The van der Waals surface area contributed by atoms with E-state index < -0.39 is 40.8 Å². The van der Waals surface area contributed by atoms with Gasteiger partial charge < -0.3 is 25.2 Å². The lowest BCUT2D eigenvalue weighted by molar-refractivity contribution is -0.148. The van der Waals surface area contributed by atoms with Crippen LogP contribution in [0.4, 0.5) is 4.79 Å². The lowest BCUT2D eigenvalue weighted by Crippen LogP contribution is -2.46. The molecule has 2 amide bonds. The molecule has 0 radical (unpaired) electrons. The lowest BCUT2D eigenvalue weighted by atomic mass is 9.84. The molecule has 3 N–H and O–H groups in total. The Morgan fingerprint density at radius 1 is 0.577 bits per heavy atom. The van der Waals surface area contributed by atoms with Gasteiger partial charge in [0.05, 0.1) is 4.75 Å². The molecule has 2 atom stereocenters. The molecule has 0 fully saturated rings. The minimum atomic E-state index is -1.26. The van der Waals surface area contributed by atoms with Crippen molar-refractivity contribution in [3.8, 4) is 0 Å². The fraction of sp³-hybridized carbons (Fsp3) is 0.190. The molecule has 0 bridgehead atoms. The van der Waals surface area contributed by atoms with Gasteiger partial charge in [0.1, 0.15) is 25.3 Å². The van der Waals surface area contributed by atoms with Gasteiger partial charge in [0, 0.05) is 12.2 Å². The van der Waals surface area contributed by atoms with Crippen molar-refractivity contribution in [1.29, 1.82) is 0 Å². The molecule has 0 saturated heterocycles. The monoisotopic (exact) mass is 716 g/mol. The van der Waals surface area contributed by atoms with E-state index in [4.69, 9.17) is 9.47 Å². The zero-order chi connectivity index (χ0) is 36.6. The van der Waals surface area contributed by atoms with Crippen LogP contribution < -0.4 is 10.6 Å². The quantitative estimate of drug-likeness (QED) is 0.0687. The van der Waals surface area contributed by atoms with Gasteiger partial charge in [-0.3, -0.25) is 4.79 Å². The molecule has 9 nitrogen and oxygen atoms in total. The molecule has 0 aliphatic heterocycles. The Balaban J connectivity index is 1.28. The number of carboxylic acids is 1. The number of aliphatic carboxylic acids is 1. The standard InChI is InChI=1S/C42H40N2O7S/c45-38(27-26-36(40(48)50-28-31-16-6-1-7-17-31)44-41(49)51-29-32-18-8-2-9-19-32)43-37(39(46)47)30-52-42(33-20-10-3-11-21-33,34-22-12-4-13-23-34)35-24-14-5-15-25-35/h1-25,36-37H,26-30H2,(H,43,45)(H,44,49)(H,46,47)/t36-,37+/m1/s1. The Kier molecular flexibility index (Phi) is 13.6. The molecule has 0 unspecified atom stereocenters. The number of rotatable bonds is 17. The zero-order valence-corrected chi connectivity index (χ0v) is 29.2. The van der Waals surface area contributed by atoms with Crippen molar-refractivity contribution >= 4 is 35.7 Å². The smallest absolute Gasteiger partial charge is 0.408 e. The molecule has 5 aromatic rings. The molecule has 5 aromatic carbocycles. The van der Waals surface area contributed by atoms with Crippen molar-refractivity contribution in [2.45, 2.75) is 42.9 Å². The van der Waals surface area contributed by atoms with Gasteiger partial charge in [0.25, 0.3) is 0 Å². The van der Waals surface area contributed by atoms with Gasteiger partial charge in [0.2, 0.25) is 5.91 Å². The molecule has 0 aliphatic carbocycles. The molecule has 0 saturated carbocycles. The number of thioether (sulfide) groups is 1. The fourth-order valence-electron chi connectivity index (χ4n) is 5.68. The number of carbonyl (C=O) groups is 4. The fourth-order valence-corrected chi connectivity index (χ4v) is 7.23. The van der Waals surface area contributed by atoms with Gasteiger partial charge in [0.15, 0.2) is 0 Å². The van der Waals surface area contributed by atoms with E-state index in [1.807, 2.05) is 127 Å². The number of benzene rings is 5. The highest BCUT2D eigenvalue weighted by Crippen LogP contribution is 2.48. The Morgan fingerprint density at radius 3 is 1.44 bits per heavy atom. The first kappa shape index (κ1) is 37.4. The first-order chi connectivity index (χ1) is 25.3. The van der Waals surface area contributed by atoms with E-state index in [-0.39, 0.29) is 31.8 Å². The minimum absolute atomic E-state index is 0.0202. The summed E-state index contributed by atoms with van der Waals surface area (Å²) in [6.45, 7) is -0.0548. The number of hydrogen-bond acceptors (Lipinski definition) is 7. The molecule has 10 heteroatoms. The maximum Gasteiger partial charge on any atom is 0.408 e. The second kappa shape index (κ2) is 18.9. The van der Waals surface area contributed by atoms with Crippen molar-refractivity contribution < 1.29 is 33.8 Å². The Morgan fingerprint density at radius 2 is 1.00 bits per heavy atom. The second-order valence-electron chi connectivity index (χ2n) is 11.9. The Hall–Kier alpha value is -5.87. The summed E-state index contributed by atoms with van der Waals surface area (Å²) < 4.78 is 9.99. The molecule has 0 spiro atoms. The Bertz CT molecular complexity index is 1780. The summed E-state index contributed by atoms with van der Waals surface area (Å²) in [6.07, 6.45) is -1.27. The highest BCUT2D eigenvalue weighted by Gasteiger charge is 2.38. The summed E-state index contributed by atoms with van der Waals surface area (Å²) in [5, 5.41) is 15.4. The van der Waals surface area contributed by atoms with Crippen molar-refractivity contribution in [2.75, 3.05) is 5.75 Å². The molecule has 5 rings (SSSR count). The normalized spacial score (nSPS) is 12.2. The van der Waals surface area contributed by atoms with Crippen LogP contribution in [0.2, 0.25) is 0 Å². The van der Waals surface area contributed by atoms with E-state index >= 15 is 0 Å². The number of hydrogen-bond donors (Lipinski definition) is 3. The van der Waals surface area contributed by atoms with Gasteiger partial charge in [-0.2, -0.15) is 0 Å². The molecular formula is C42H40N2O7S. The SMILES string of the molecule is O=C(CC[C@@H](NC(=O)OCc1ccccc1)C(=O)OCc1ccccc1)N[C@@H](CSC(c1ccccc1)(c1ccccc1)c1ccccc1)C(=O)O. The van der Waals surface area contributed by atoms with Gasteiger partial charge in [-0.15, -0.1) is 11.8 Å². The molecule has 266 valence electrons. The molecule has 52 heavy (non-hydrogen) atoms. The maximum absolute atomic E-state index is 13.3. The summed E-state index contributed by atoms with van der Waals surface area (Å²) in [5.74, 6) is -2.53. The number of ether oxygens (including phenoxy) is 2. The van der Waals surface area contributed by atoms with Crippen molar-refractivity contribution in [3.63, 3.8) is 0 Å². The predicted molar refractivity (Wildman–Crippen MR) is 200 cm³/mol. The van der Waals surface area contributed by atoms with Crippen LogP contribution in [0.5, 0.6) is 0 Å². The summed E-state index contributed by atoms with van der Waals surface area (Å²) >= 11 is 1.41. The van der Waals surface area contributed by atoms with Crippen LogP contribution in [0.25, 0.3) is 0 Å². The molecule has 0 heterocycles. The minimum Gasteiger partial charge on any atom is -0.480 e. The van der Waals surface area contributed by atoms with Gasteiger partial charge >= 0.3 is 18.0 Å². The van der Waals surface area contributed by atoms with Gasteiger partial charge in [-0.05, 0) is 34.2 Å². The van der Waals surface area contributed by atoms with Crippen LogP contribution in [0.15, 0.2) is 152 Å². The van der Waals surface area contributed by atoms with E-state index in [1.165, 1.54) is 11.8 Å². The van der Waals surface area contributed by atoms with Crippen LogP contribution in [0.3, 0.4) is 0 Å². The largest absolute Gasteiger partial charge is 0.480 e. The molecular weight excluding hydrogens is 677 g/mol. The maximum atomic E-state index is 13.3. The first-order valence-electron chi connectivity index (χ1n) is 16.9. The number of nitrogens with one attached hydrogen (secondary N) is 2. The third-order valence-corrected chi connectivity index (χ3v) is 9.95. The van der Waals surface area contributed by atoms with Crippen LogP contribution in [-0.2, 0) is 41.8 Å². The van der Waals surface area contributed by atoms with E-state index in [0.717, 1.165) is 27.8 Å². The summed E-state index contributed by atoms with van der Waals surface area (Å²) in [5.41, 5.74) is 4.37. The average Bonchev–Trinajstić information content (AvgIpc) is 3.19. The lowest BCUT2D eigenvalue weighted by Gasteiger charge is -2.36. The van der Waals surface area contributed by atoms with E-state index in [9.17, 15) is 24.3 Å². The number of esters is 1.